The molecule has 3 N–H and O–H groups in total. The Morgan fingerprint density at radius 2 is 2.07 bits per heavy atom. The zero-order valence-electron chi connectivity index (χ0n) is 9.55. The van der Waals surface area contributed by atoms with Crippen LogP contribution in [-0.2, 0) is 4.79 Å². The van der Waals surface area contributed by atoms with Crippen molar-refractivity contribution in [2.45, 2.75) is 32.2 Å². The molecule has 0 spiro atoms. The fourth-order valence-electron chi connectivity index (χ4n) is 1.23. The molecule has 0 aliphatic rings. The van der Waals surface area contributed by atoms with E-state index in [1.165, 1.54) is 0 Å². The van der Waals surface area contributed by atoms with Crippen molar-refractivity contribution in [3.05, 3.63) is 0 Å². The molecule has 0 saturated heterocycles. The van der Waals surface area contributed by atoms with Crippen LogP contribution in [0.1, 0.15) is 26.2 Å². The van der Waals surface area contributed by atoms with Gasteiger partial charge in [0.15, 0.2) is 0 Å². The van der Waals surface area contributed by atoms with Crippen LogP contribution in [-0.4, -0.2) is 44.0 Å². The van der Waals surface area contributed by atoms with Crippen LogP contribution in [0.2, 0.25) is 0 Å². The smallest absolute Gasteiger partial charge is 0.236 e. The Balaban J connectivity index is 3.43. The van der Waals surface area contributed by atoms with Crippen molar-refractivity contribution >= 4 is 5.91 Å². The number of hydrogen-bond acceptors (Lipinski definition) is 3. The first-order chi connectivity index (χ1) is 6.57. The van der Waals surface area contributed by atoms with Gasteiger partial charge in [-0.05, 0) is 40.4 Å². The number of nitrogens with one attached hydrogen (secondary N) is 1. The maximum Gasteiger partial charge on any atom is 0.236 e. The summed E-state index contributed by atoms with van der Waals surface area (Å²) in [5.74, 6) is -0.0302. The average Bonchev–Trinajstić information content (AvgIpc) is 2.12. The van der Waals surface area contributed by atoms with Crippen molar-refractivity contribution in [3.63, 3.8) is 0 Å². The van der Waals surface area contributed by atoms with E-state index >= 15 is 0 Å². The number of rotatable bonds is 7. The molecular weight excluding hydrogens is 178 g/mol. The van der Waals surface area contributed by atoms with E-state index in [2.05, 4.69) is 10.2 Å². The summed E-state index contributed by atoms with van der Waals surface area (Å²) in [6.45, 7) is 3.61. The third-order valence-electron chi connectivity index (χ3n) is 2.06. The van der Waals surface area contributed by atoms with Crippen LogP contribution in [0.25, 0.3) is 0 Å². The first kappa shape index (κ1) is 13.4. The van der Waals surface area contributed by atoms with Crippen LogP contribution in [0.3, 0.4) is 0 Å². The Hall–Kier alpha value is -0.610. The highest BCUT2D eigenvalue weighted by Gasteiger charge is 2.10. The summed E-state index contributed by atoms with van der Waals surface area (Å²) in [6.07, 6.45) is 2.89. The second kappa shape index (κ2) is 7.76. The molecule has 0 aromatic rings. The molecular formula is C10H23N3O. The molecule has 0 aromatic carbocycles. The lowest BCUT2D eigenvalue weighted by atomic mass is 10.1. The molecule has 0 aliphatic heterocycles. The maximum absolute atomic E-state index is 11.2. The fraction of sp³-hybridized carbons (Fsp3) is 0.900. The molecule has 84 valence electrons. The highest BCUT2D eigenvalue weighted by atomic mass is 16.2. The summed E-state index contributed by atoms with van der Waals surface area (Å²) >= 11 is 0. The number of nitrogens with two attached hydrogens (primary N) is 1. The van der Waals surface area contributed by atoms with E-state index in [4.69, 9.17) is 5.73 Å². The van der Waals surface area contributed by atoms with Crippen LogP contribution in [0.4, 0.5) is 0 Å². The van der Waals surface area contributed by atoms with Gasteiger partial charge in [-0.1, -0.05) is 6.42 Å². The van der Waals surface area contributed by atoms with Crippen LogP contribution >= 0.6 is 0 Å². The normalized spacial score (nSPS) is 12.9. The van der Waals surface area contributed by atoms with Crippen molar-refractivity contribution < 1.29 is 4.79 Å². The molecule has 0 saturated carbocycles. The molecule has 0 fully saturated rings. The maximum atomic E-state index is 11.2. The lowest BCUT2D eigenvalue weighted by molar-refractivity contribution is -0.122. The molecule has 0 radical (unpaired) electrons. The lowest BCUT2D eigenvalue weighted by Gasteiger charge is -2.12. The second-order valence-electron chi connectivity index (χ2n) is 3.80. The number of carbonyl (C=O) groups is 1. The Labute approximate surface area is 86.8 Å². The number of hydrogen-bond donors (Lipinski definition) is 2. The van der Waals surface area contributed by atoms with E-state index in [0.29, 0.717) is 6.54 Å². The summed E-state index contributed by atoms with van der Waals surface area (Å²) in [5.41, 5.74) is 5.69. The molecule has 0 rings (SSSR count). The molecule has 0 aliphatic carbocycles. The SMILES string of the molecule is CCNC(=O)C(N)CCCCN(C)C. The Kier molecular flexibility index (Phi) is 7.42. The number of amides is 1. The van der Waals surface area contributed by atoms with Crippen LogP contribution in [0, 0.1) is 0 Å². The molecule has 0 heterocycles. The van der Waals surface area contributed by atoms with Crippen LogP contribution < -0.4 is 11.1 Å². The van der Waals surface area contributed by atoms with Gasteiger partial charge in [0, 0.05) is 6.54 Å². The Morgan fingerprint density at radius 1 is 1.43 bits per heavy atom. The van der Waals surface area contributed by atoms with Gasteiger partial charge in [-0.3, -0.25) is 4.79 Å². The van der Waals surface area contributed by atoms with Gasteiger partial charge in [0.1, 0.15) is 0 Å². The second-order valence-corrected chi connectivity index (χ2v) is 3.80. The van der Waals surface area contributed by atoms with Gasteiger partial charge in [-0.25, -0.2) is 0 Å². The summed E-state index contributed by atoms with van der Waals surface area (Å²) in [5, 5.41) is 2.72. The Morgan fingerprint density at radius 3 is 2.57 bits per heavy atom. The lowest BCUT2D eigenvalue weighted by Crippen LogP contribution is -2.40. The minimum Gasteiger partial charge on any atom is -0.355 e. The third-order valence-corrected chi connectivity index (χ3v) is 2.06. The van der Waals surface area contributed by atoms with E-state index in [9.17, 15) is 4.79 Å². The van der Waals surface area contributed by atoms with Crippen molar-refractivity contribution in [2.24, 2.45) is 5.73 Å². The molecule has 4 heteroatoms. The Bertz CT molecular complexity index is 159. The van der Waals surface area contributed by atoms with E-state index in [1.54, 1.807) is 0 Å². The van der Waals surface area contributed by atoms with E-state index in [0.717, 1.165) is 25.8 Å². The average molecular weight is 201 g/mol. The van der Waals surface area contributed by atoms with Crippen molar-refractivity contribution in [1.82, 2.24) is 10.2 Å². The molecule has 1 amide bonds. The zero-order valence-corrected chi connectivity index (χ0v) is 9.55. The molecule has 1 atom stereocenters. The minimum atomic E-state index is -0.336. The van der Waals surface area contributed by atoms with E-state index < -0.39 is 0 Å². The monoisotopic (exact) mass is 201 g/mol. The van der Waals surface area contributed by atoms with Gasteiger partial charge < -0.3 is 16.0 Å². The van der Waals surface area contributed by atoms with Gasteiger partial charge in [0.05, 0.1) is 6.04 Å². The number of unbranched alkanes of at least 4 members (excludes halogenated alkanes) is 1. The van der Waals surface area contributed by atoms with Gasteiger partial charge in [0.2, 0.25) is 5.91 Å². The largest absolute Gasteiger partial charge is 0.355 e. The predicted molar refractivity (Wildman–Crippen MR) is 59.1 cm³/mol. The van der Waals surface area contributed by atoms with Gasteiger partial charge in [-0.15, -0.1) is 0 Å². The molecule has 0 bridgehead atoms. The van der Waals surface area contributed by atoms with E-state index in [-0.39, 0.29) is 11.9 Å². The molecule has 4 nitrogen and oxygen atoms in total. The summed E-state index contributed by atoms with van der Waals surface area (Å²) in [7, 11) is 4.09. The highest BCUT2D eigenvalue weighted by Crippen LogP contribution is 1.99. The first-order valence-corrected chi connectivity index (χ1v) is 5.26. The van der Waals surface area contributed by atoms with Crippen LogP contribution in [0.5, 0.6) is 0 Å². The van der Waals surface area contributed by atoms with Gasteiger partial charge in [-0.2, -0.15) is 0 Å². The summed E-state index contributed by atoms with van der Waals surface area (Å²) < 4.78 is 0. The zero-order chi connectivity index (χ0) is 11.0. The van der Waals surface area contributed by atoms with Gasteiger partial charge in [0.25, 0.3) is 0 Å². The number of likely N-dealkylation sites (N-methyl/N-ethyl adjacent to an activating group) is 1. The number of nitrogens with zero attached hydrogens (tertiary/aromatic N) is 1. The predicted octanol–water partition coefficient (Wildman–Crippen LogP) is 0.182. The minimum absolute atomic E-state index is 0.0302. The summed E-state index contributed by atoms with van der Waals surface area (Å²) in [6, 6.07) is -0.336. The van der Waals surface area contributed by atoms with Crippen molar-refractivity contribution in [1.29, 1.82) is 0 Å². The highest BCUT2D eigenvalue weighted by molar-refractivity contribution is 5.81. The molecule has 0 aromatic heterocycles. The van der Waals surface area contributed by atoms with Gasteiger partial charge >= 0.3 is 0 Å². The molecule has 14 heavy (non-hydrogen) atoms. The topological polar surface area (TPSA) is 58.4 Å². The molecule has 1 unspecified atom stereocenters. The fourth-order valence-corrected chi connectivity index (χ4v) is 1.23. The van der Waals surface area contributed by atoms with E-state index in [1.807, 2.05) is 21.0 Å². The van der Waals surface area contributed by atoms with Crippen molar-refractivity contribution in [2.75, 3.05) is 27.2 Å². The number of carbonyl (C=O) groups excluding carboxylic acids is 1. The standard InChI is InChI=1S/C10H23N3O/c1-4-12-10(14)9(11)7-5-6-8-13(2)3/h9H,4-8,11H2,1-3H3,(H,12,14). The third kappa shape index (κ3) is 6.86. The van der Waals surface area contributed by atoms with Crippen molar-refractivity contribution in [3.8, 4) is 0 Å². The first-order valence-electron chi connectivity index (χ1n) is 5.26. The quantitative estimate of drug-likeness (QED) is 0.578. The van der Waals surface area contributed by atoms with Crippen LogP contribution in [0.15, 0.2) is 0 Å². The summed E-state index contributed by atoms with van der Waals surface area (Å²) in [4.78, 5) is 13.4.